The quantitative estimate of drug-likeness (QED) is 0.829. The molecule has 0 saturated carbocycles. The zero-order valence-corrected chi connectivity index (χ0v) is 10.1. The highest BCUT2D eigenvalue weighted by Crippen LogP contribution is 2.03. The van der Waals surface area contributed by atoms with Crippen molar-refractivity contribution in [1.82, 2.24) is 20.1 Å². The second-order valence-electron chi connectivity index (χ2n) is 4.07. The number of nitrogens with two attached hydrogens (primary N) is 1. The summed E-state index contributed by atoms with van der Waals surface area (Å²) >= 11 is 0. The fourth-order valence-corrected chi connectivity index (χ4v) is 1.63. The van der Waals surface area contributed by atoms with E-state index in [1.165, 1.54) is 6.20 Å². The van der Waals surface area contributed by atoms with E-state index in [1.54, 1.807) is 23.0 Å². The average molecular weight is 245 g/mol. The lowest BCUT2D eigenvalue weighted by Crippen LogP contribution is -2.35. The lowest BCUT2D eigenvalue weighted by atomic mass is 10.2. The SMILES string of the molecule is CC(Cn1cccn1)NC(=O)c1ccnc(N)c1. The van der Waals surface area contributed by atoms with E-state index in [4.69, 9.17) is 5.73 Å². The van der Waals surface area contributed by atoms with Crippen LogP contribution in [0.4, 0.5) is 5.82 Å². The van der Waals surface area contributed by atoms with Crippen molar-refractivity contribution in [2.75, 3.05) is 5.73 Å². The van der Waals surface area contributed by atoms with Crippen molar-refractivity contribution < 1.29 is 4.79 Å². The van der Waals surface area contributed by atoms with Crippen molar-refractivity contribution in [1.29, 1.82) is 0 Å². The molecule has 0 spiro atoms. The van der Waals surface area contributed by atoms with Gasteiger partial charge in [0.05, 0.1) is 6.54 Å². The molecule has 3 N–H and O–H groups in total. The molecule has 0 aliphatic heterocycles. The first-order valence-electron chi connectivity index (χ1n) is 5.65. The Morgan fingerprint density at radius 2 is 2.39 bits per heavy atom. The van der Waals surface area contributed by atoms with Gasteiger partial charge in [0.2, 0.25) is 0 Å². The summed E-state index contributed by atoms with van der Waals surface area (Å²) in [5, 5.41) is 6.96. The highest BCUT2D eigenvalue weighted by Gasteiger charge is 2.10. The number of aromatic nitrogens is 3. The van der Waals surface area contributed by atoms with Gasteiger partial charge in [0.25, 0.3) is 5.91 Å². The Kier molecular flexibility index (Phi) is 3.57. The van der Waals surface area contributed by atoms with Gasteiger partial charge in [0.1, 0.15) is 5.82 Å². The third kappa shape index (κ3) is 3.07. The van der Waals surface area contributed by atoms with Crippen LogP contribution in [-0.4, -0.2) is 26.7 Å². The first kappa shape index (κ1) is 12.1. The number of amides is 1. The Morgan fingerprint density at radius 3 is 3.06 bits per heavy atom. The number of rotatable bonds is 4. The Morgan fingerprint density at radius 1 is 1.56 bits per heavy atom. The van der Waals surface area contributed by atoms with Gasteiger partial charge < -0.3 is 11.1 Å². The third-order valence-electron chi connectivity index (χ3n) is 2.44. The summed E-state index contributed by atoms with van der Waals surface area (Å²) < 4.78 is 1.77. The minimum atomic E-state index is -0.163. The fraction of sp³-hybridized carbons (Fsp3) is 0.250. The maximum atomic E-state index is 11.9. The van der Waals surface area contributed by atoms with Crippen LogP contribution in [0.3, 0.4) is 0 Å². The van der Waals surface area contributed by atoms with Gasteiger partial charge in [-0.15, -0.1) is 0 Å². The molecule has 1 atom stereocenters. The van der Waals surface area contributed by atoms with Crippen molar-refractivity contribution in [3.05, 3.63) is 42.4 Å². The molecular weight excluding hydrogens is 230 g/mol. The molecular formula is C12H15N5O. The smallest absolute Gasteiger partial charge is 0.251 e. The lowest BCUT2D eigenvalue weighted by molar-refractivity contribution is 0.0936. The largest absolute Gasteiger partial charge is 0.384 e. The van der Waals surface area contributed by atoms with Crippen LogP contribution >= 0.6 is 0 Å². The molecule has 0 saturated heterocycles. The van der Waals surface area contributed by atoms with E-state index in [1.807, 2.05) is 19.2 Å². The molecule has 2 heterocycles. The van der Waals surface area contributed by atoms with E-state index in [-0.39, 0.29) is 11.9 Å². The molecule has 1 unspecified atom stereocenters. The number of nitrogen functional groups attached to an aromatic ring is 1. The summed E-state index contributed by atoms with van der Waals surface area (Å²) in [4.78, 5) is 15.8. The van der Waals surface area contributed by atoms with Crippen LogP contribution in [0, 0.1) is 0 Å². The number of anilines is 1. The molecule has 0 bridgehead atoms. The van der Waals surface area contributed by atoms with E-state index < -0.39 is 0 Å². The normalized spacial score (nSPS) is 12.1. The molecule has 2 aromatic rings. The Hall–Kier alpha value is -2.37. The van der Waals surface area contributed by atoms with Gasteiger partial charge in [-0.1, -0.05) is 0 Å². The summed E-state index contributed by atoms with van der Waals surface area (Å²) in [5.74, 6) is 0.172. The van der Waals surface area contributed by atoms with Gasteiger partial charge >= 0.3 is 0 Å². The van der Waals surface area contributed by atoms with Crippen molar-refractivity contribution in [2.45, 2.75) is 19.5 Å². The molecule has 0 aliphatic carbocycles. The van der Waals surface area contributed by atoms with Gasteiger partial charge in [-0.05, 0) is 25.1 Å². The minimum Gasteiger partial charge on any atom is -0.384 e. The molecule has 6 nitrogen and oxygen atoms in total. The fourth-order valence-electron chi connectivity index (χ4n) is 1.63. The van der Waals surface area contributed by atoms with E-state index >= 15 is 0 Å². The number of pyridine rings is 1. The number of nitrogens with zero attached hydrogens (tertiary/aromatic N) is 3. The van der Waals surface area contributed by atoms with Crippen molar-refractivity contribution >= 4 is 11.7 Å². The molecule has 6 heteroatoms. The van der Waals surface area contributed by atoms with Gasteiger partial charge in [-0.25, -0.2) is 4.98 Å². The number of hydrogen-bond donors (Lipinski definition) is 2. The topological polar surface area (TPSA) is 85.8 Å². The van der Waals surface area contributed by atoms with Crippen molar-refractivity contribution in [2.24, 2.45) is 0 Å². The van der Waals surface area contributed by atoms with Crippen LogP contribution in [0.5, 0.6) is 0 Å². The molecule has 0 fully saturated rings. The summed E-state index contributed by atoms with van der Waals surface area (Å²) in [6.07, 6.45) is 5.08. The predicted molar refractivity (Wildman–Crippen MR) is 67.8 cm³/mol. The van der Waals surface area contributed by atoms with Crippen LogP contribution in [0.25, 0.3) is 0 Å². The van der Waals surface area contributed by atoms with Crippen LogP contribution in [0.1, 0.15) is 17.3 Å². The number of carbonyl (C=O) groups excluding carboxylic acids is 1. The van der Waals surface area contributed by atoms with E-state index in [0.29, 0.717) is 17.9 Å². The minimum absolute atomic E-state index is 0.0215. The van der Waals surface area contributed by atoms with Crippen LogP contribution in [0.2, 0.25) is 0 Å². The third-order valence-corrected chi connectivity index (χ3v) is 2.44. The zero-order chi connectivity index (χ0) is 13.0. The number of carbonyl (C=O) groups is 1. The molecule has 1 amide bonds. The summed E-state index contributed by atoms with van der Waals surface area (Å²) in [5.41, 5.74) is 6.04. The maximum Gasteiger partial charge on any atom is 0.251 e. The summed E-state index contributed by atoms with van der Waals surface area (Å²) in [6, 6.07) is 5.01. The molecule has 2 rings (SSSR count). The van der Waals surface area contributed by atoms with Gasteiger partial charge in [0.15, 0.2) is 0 Å². The van der Waals surface area contributed by atoms with E-state index in [2.05, 4.69) is 15.4 Å². The van der Waals surface area contributed by atoms with Gasteiger partial charge in [0, 0.05) is 30.2 Å². The molecule has 0 aliphatic rings. The second kappa shape index (κ2) is 5.31. The standard InChI is InChI=1S/C12H15N5O/c1-9(8-17-6-2-4-15-17)16-12(18)10-3-5-14-11(13)7-10/h2-7,9H,8H2,1H3,(H2,13,14)(H,16,18). The Bertz CT molecular complexity index is 523. The van der Waals surface area contributed by atoms with Crippen LogP contribution in [0.15, 0.2) is 36.8 Å². The highest BCUT2D eigenvalue weighted by molar-refractivity contribution is 5.94. The first-order valence-corrected chi connectivity index (χ1v) is 5.65. The monoisotopic (exact) mass is 245 g/mol. The Balaban J connectivity index is 1.95. The summed E-state index contributed by atoms with van der Waals surface area (Å²) in [7, 11) is 0. The van der Waals surface area contributed by atoms with E-state index in [9.17, 15) is 4.79 Å². The number of hydrogen-bond acceptors (Lipinski definition) is 4. The summed E-state index contributed by atoms with van der Waals surface area (Å²) in [6.45, 7) is 2.55. The molecule has 2 aromatic heterocycles. The maximum absolute atomic E-state index is 11.9. The predicted octanol–water partition coefficient (Wildman–Crippen LogP) is 0.679. The van der Waals surface area contributed by atoms with Crippen LogP contribution < -0.4 is 11.1 Å². The first-order chi connectivity index (χ1) is 8.65. The molecule has 18 heavy (non-hydrogen) atoms. The second-order valence-corrected chi connectivity index (χ2v) is 4.07. The van der Waals surface area contributed by atoms with Gasteiger partial charge in [-0.3, -0.25) is 9.48 Å². The molecule has 0 aromatic carbocycles. The van der Waals surface area contributed by atoms with Crippen molar-refractivity contribution in [3.63, 3.8) is 0 Å². The lowest BCUT2D eigenvalue weighted by Gasteiger charge is -2.14. The van der Waals surface area contributed by atoms with Crippen LogP contribution in [-0.2, 0) is 6.54 Å². The Labute approximate surface area is 105 Å². The van der Waals surface area contributed by atoms with Crippen molar-refractivity contribution in [3.8, 4) is 0 Å². The molecule has 0 radical (unpaired) electrons. The average Bonchev–Trinajstić information content (AvgIpc) is 2.81. The zero-order valence-electron chi connectivity index (χ0n) is 10.1. The molecule has 94 valence electrons. The highest BCUT2D eigenvalue weighted by atomic mass is 16.1. The number of nitrogens with one attached hydrogen (secondary N) is 1. The van der Waals surface area contributed by atoms with Gasteiger partial charge in [-0.2, -0.15) is 5.10 Å². The van der Waals surface area contributed by atoms with E-state index in [0.717, 1.165) is 0 Å².